The molecule has 2 fully saturated rings. The fourth-order valence-corrected chi connectivity index (χ4v) is 3.76. The van der Waals surface area contributed by atoms with E-state index in [1.807, 2.05) is 12.1 Å². The molecule has 2 heterocycles. The molecule has 0 radical (unpaired) electrons. The van der Waals surface area contributed by atoms with Crippen LogP contribution in [0.4, 0.5) is 0 Å². The minimum absolute atomic E-state index is 0.0844. The molecule has 0 aromatic heterocycles. The Labute approximate surface area is 192 Å². The van der Waals surface area contributed by atoms with Crippen molar-refractivity contribution in [3.63, 3.8) is 0 Å². The van der Waals surface area contributed by atoms with Crippen LogP contribution < -0.4 is 15.4 Å². The van der Waals surface area contributed by atoms with Gasteiger partial charge in [-0.2, -0.15) is 0 Å². The molecule has 1 aromatic rings. The van der Waals surface area contributed by atoms with Gasteiger partial charge in [0.2, 0.25) is 11.8 Å². The predicted molar refractivity (Wildman–Crippen MR) is 121 cm³/mol. The highest BCUT2D eigenvalue weighted by molar-refractivity contribution is 7.80. The Bertz CT molecular complexity index is 867. The van der Waals surface area contributed by atoms with Crippen molar-refractivity contribution in [2.24, 2.45) is 0 Å². The Morgan fingerprint density at radius 1 is 1.34 bits per heavy atom. The average Bonchev–Trinajstić information content (AvgIpc) is 3.31. The molecule has 0 aliphatic carbocycles. The zero-order chi connectivity index (χ0) is 22.9. The molecule has 172 valence electrons. The van der Waals surface area contributed by atoms with E-state index >= 15 is 0 Å². The first-order valence-electron chi connectivity index (χ1n) is 10.4. The molecular formula is C22H27N3O6S. The summed E-state index contributed by atoms with van der Waals surface area (Å²) < 4.78 is 15.8. The molecule has 0 spiro atoms. The summed E-state index contributed by atoms with van der Waals surface area (Å²) in [7, 11) is 1.58. The summed E-state index contributed by atoms with van der Waals surface area (Å²) in [5.41, 5.74) is 0.816. The smallest absolute Gasteiger partial charge is 0.308 e. The Kier molecular flexibility index (Phi) is 8.57. The van der Waals surface area contributed by atoms with Crippen LogP contribution in [0.1, 0.15) is 24.8 Å². The number of hydrogen-bond donors (Lipinski definition) is 2. The van der Waals surface area contributed by atoms with Gasteiger partial charge < -0.3 is 24.4 Å². The van der Waals surface area contributed by atoms with Crippen LogP contribution in [0, 0.1) is 0 Å². The molecule has 0 saturated carbocycles. The van der Waals surface area contributed by atoms with Crippen molar-refractivity contribution >= 4 is 41.2 Å². The van der Waals surface area contributed by atoms with Crippen LogP contribution in [-0.2, 0) is 23.9 Å². The van der Waals surface area contributed by atoms with Crippen LogP contribution in [0.25, 0.3) is 6.08 Å². The van der Waals surface area contributed by atoms with Crippen LogP contribution in [0.5, 0.6) is 5.75 Å². The second-order valence-electron chi connectivity index (χ2n) is 7.42. The first-order chi connectivity index (χ1) is 15.5. The van der Waals surface area contributed by atoms with E-state index in [0.717, 1.165) is 24.2 Å². The lowest BCUT2D eigenvalue weighted by Crippen LogP contribution is -2.60. The molecule has 2 amide bonds. The van der Waals surface area contributed by atoms with Crippen molar-refractivity contribution in [1.29, 1.82) is 0 Å². The number of benzene rings is 1. The molecule has 9 nitrogen and oxygen atoms in total. The predicted octanol–water partition coefficient (Wildman–Crippen LogP) is 1.02. The lowest BCUT2D eigenvalue weighted by Gasteiger charge is -2.36. The quantitative estimate of drug-likeness (QED) is 0.352. The van der Waals surface area contributed by atoms with Gasteiger partial charge in [0.25, 0.3) is 0 Å². The van der Waals surface area contributed by atoms with Crippen LogP contribution in [0.2, 0.25) is 0 Å². The fourth-order valence-electron chi connectivity index (χ4n) is 3.44. The minimum Gasteiger partial charge on any atom is -0.497 e. The van der Waals surface area contributed by atoms with Gasteiger partial charge in [0.1, 0.15) is 18.4 Å². The average molecular weight is 462 g/mol. The zero-order valence-corrected chi connectivity index (χ0v) is 18.7. The number of thiocarbonyl (C=S) groups is 1. The molecule has 32 heavy (non-hydrogen) atoms. The maximum Gasteiger partial charge on any atom is 0.308 e. The van der Waals surface area contributed by atoms with Crippen LogP contribution >= 0.6 is 12.2 Å². The Morgan fingerprint density at radius 3 is 2.81 bits per heavy atom. The van der Waals surface area contributed by atoms with E-state index in [2.05, 4.69) is 10.6 Å². The number of hydrogen-bond acceptors (Lipinski definition) is 7. The summed E-state index contributed by atoms with van der Waals surface area (Å²) >= 11 is 5.34. The van der Waals surface area contributed by atoms with E-state index in [1.165, 1.54) is 6.08 Å². The monoisotopic (exact) mass is 461 g/mol. The summed E-state index contributed by atoms with van der Waals surface area (Å²) in [4.78, 5) is 38.5. The number of carbonyl (C=O) groups is 3. The van der Waals surface area contributed by atoms with Gasteiger partial charge in [-0.05, 0) is 48.8 Å². The van der Waals surface area contributed by atoms with Crippen molar-refractivity contribution < 1.29 is 28.6 Å². The first-order valence-corrected chi connectivity index (χ1v) is 10.9. The van der Waals surface area contributed by atoms with Crippen molar-refractivity contribution in [2.75, 3.05) is 33.4 Å². The van der Waals surface area contributed by atoms with E-state index in [4.69, 9.17) is 26.4 Å². The molecule has 2 unspecified atom stereocenters. The van der Waals surface area contributed by atoms with Crippen molar-refractivity contribution in [2.45, 2.75) is 31.4 Å². The minimum atomic E-state index is -0.848. The highest BCUT2D eigenvalue weighted by Gasteiger charge is 2.34. The van der Waals surface area contributed by atoms with Gasteiger partial charge in [0.05, 0.1) is 19.6 Å². The van der Waals surface area contributed by atoms with Gasteiger partial charge in [-0.3, -0.25) is 19.7 Å². The topological polar surface area (TPSA) is 106 Å². The number of carbonyl (C=O) groups excluding carboxylic acids is 3. The van der Waals surface area contributed by atoms with Gasteiger partial charge >= 0.3 is 5.97 Å². The maximum absolute atomic E-state index is 12.4. The van der Waals surface area contributed by atoms with Gasteiger partial charge in [0, 0.05) is 25.8 Å². The Balaban J connectivity index is 1.53. The number of piperazine rings is 1. The highest BCUT2D eigenvalue weighted by Crippen LogP contribution is 2.15. The van der Waals surface area contributed by atoms with Gasteiger partial charge in [-0.15, -0.1) is 0 Å². The maximum atomic E-state index is 12.4. The molecule has 2 aliphatic rings. The van der Waals surface area contributed by atoms with E-state index < -0.39 is 17.9 Å². The number of amides is 2. The highest BCUT2D eigenvalue weighted by atomic mass is 32.1. The summed E-state index contributed by atoms with van der Waals surface area (Å²) in [6.45, 7) is 1.57. The second-order valence-corrected chi connectivity index (χ2v) is 7.81. The third-order valence-electron chi connectivity index (χ3n) is 5.18. The standard InChI is InChI=1S/C22H27N3O6S/c1-29-16-7-4-15(5-8-16)6-9-19(26)24-22(32)25-11-10-23-21(28)18(25)13-20(27)31-14-17-3-2-12-30-17/h4-9,17-18H,2-3,10-14H2,1H3,(H,23,28)(H,24,26,32). The Morgan fingerprint density at radius 2 is 2.12 bits per heavy atom. The van der Waals surface area contributed by atoms with Crippen LogP contribution in [0.15, 0.2) is 30.3 Å². The molecule has 2 saturated heterocycles. The molecule has 3 rings (SSSR count). The summed E-state index contributed by atoms with van der Waals surface area (Å²) in [6, 6.07) is 6.36. The number of methoxy groups -OCH3 is 1. The second kappa shape index (κ2) is 11.6. The van der Waals surface area contributed by atoms with Gasteiger partial charge in [-0.1, -0.05) is 12.1 Å². The normalized spacial score (nSPS) is 20.7. The summed E-state index contributed by atoms with van der Waals surface area (Å²) in [5, 5.41) is 5.40. The van der Waals surface area contributed by atoms with E-state index in [-0.39, 0.29) is 30.2 Å². The number of nitrogens with one attached hydrogen (secondary N) is 2. The fraction of sp³-hybridized carbons (Fsp3) is 0.455. The molecule has 1 aromatic carbocycles. The van der Waals surface area contributed by atoms with E-state index in [0.29, 0.717) is 19.7 Å². The van der Waals surface area contributed by atoms with Gasteiger partial charge in [0.15, 0.2) is 5.11 Å². The third-order valence-corrected chi connectivity index (χ3v) is 5.52. The molecule has 10 heteroatoms. The largest absolute Gasteiger partial charge is 0.497 e. The molecule has 0 bridgehead atoms. The zero-order valence-electron chi connectivity index (χ0n) is 17.9. The number of rotatable bonds is 7. The number of nitrogens with zero attached hydrogens (tertiary/aromatic N) is 1. The first kappa shape index (κ1) is 23.7. The molecule has 2 N–H and O–H groups in total. The van der Waals surface area contributed by atoms with Crippen molar-refractivity contribution in [3.05, 3.63) is 35.9 Å². The number of esters is 1. The van der Waals surface area contributed by atoms with Crippen LogP contribution in [0.3, 0.4) is 0 Å². The van der Waals surface area contributed by atoms with E-state index in [9.17, 15) is 14.4 Å². The lowest BCUT2D eigenvalue weighted by molar-refractivity contribution is -0.150. The van der Waals surface area contributed by atoms with Crippen molar-refractivity contribution in [3.8, 4) is 5.75 Å². The van der Waals surface area contributed by atoms with E-state index in [1.54, 1.807) is 30.2 Å². The molecule has 2 atom stereocenters. The van der Waals surface area contributed by atoms with Crippen LogP contribution in [-0.4, -0.2) is 73.4 Å². The molecule has 2 aliphatic heterocycles. The SMILES string of the molecule is COc1ccc(C=CC(=O)NC(=S)N2CCNC(=O)C2CC(=O)OCC2CCCO2)cc1. The summed E-state index contributed by atoms with van der Waals surface area (Å²) in [5.74, 6) is -0.565. The Hall–Kier alpha value is -2.98. The molecular weight excluding hydrogens is 434 g/mol. The summed E-state index contributed by atoms with van der Waals surface area (Å²) in [6.07, 6.45) is 4.53. The van der Waals surface area contributed by atoms with Gasteiger partial charge in [-0.25, -0.2) is 0 Å². The van der Waals surface area contributed by atoms with Crippen molar-refractivity contribution in [1.82, 2.24) is 15.5 Å². The third kappa shape index (κ3) is 6.76. The number of ether oxygens (including phenoxy) is 3. The lowest BCUT2D eigenvalue weighted by atomic mass is 10.1.